The van der Waals surface area contributed by atoms with Crippen LogP contribution in [0.2, 0.25) is 0 Å². The van der Waals surface area contributed by atoms with Crippen molar-refractivity contribution in [1.29, 1.82) is 0 Å². The van der Waals surface area contributed by atoms with E-state index in [2.05, 4.69) is 18.3 Å². The van der Waals surface area contributed by atoms with Crippen molar-refractivity contribution in [2.75, 3.05) is 0 Å². The third-order valence-corrected chi connectivity index (χ3v) is 2.09. The number of rotatable bonds is 8. The molecule has 0 aliphatic carbocycles. The molecular formula is C13H21NO3. The summed E-state index contributed by atoms with van der Waals surface area (Å²) in [6.45, 7) is 3.49. The van der Waals surface area contributed by atoms with Crippen LogP contribution < -0.4 is 5.32 Å². The molecule has 0 bridgehead atoms. The Hall–Kier alpha value is -1.58. The molecule has 17 heavy (non-hydrogen) atoms. The van der Waals surface area contributed by atoms with Gasteiger partial charge in [0.25, 0.3) is 0 Å². The first-order chi connectivity index (χ1) is 8.06. The summed E-state index contributed by atoms with van der Waals surface area (Å²) in [5.41, 5.74) is 0. The van der Waals surface area contributed by atoms with Crippen molar-refractivity contribution in [3.05, 3.63) is 24.3 Å². The third kappa shape index (κ3) is 10.7. The number of amides is 1. The minimum absolute atomic E-state index is 0.0530. The van der Waals surface area contributed by atoms with E-state index in [0.717, 1.165) is 12.8 Å². The molecule has 0 spiro atoms. The lowest BCUT2D eigenvalue weighted by Gasteiger charge is -2.13. The van der Waals surface area contributed by atoms with Gasteiger partial charge in [-0.05, 0) is 12.8 Å². The second-order valence-corrected chi connectivity index (χ2v) is 3.88. The molecule has 2 N–H and O–H groups in total. The van der Waals surface area contributed by atoms with Crippen LogP contribution in [0.3, 0.4) is 0 Å². The van der Waals surface area contributed by atoms with Crippen LogP contribution in [0.5, 0.6) is 0 Å². The summed E-state index contributed by atoms with van der Waals surface area (Å²) in [6, 6.07) is -0.333. The first kappa shape index (κ1) is 15.4. The molecule has 0 heterocycles. The molecule has 4 nitrogen and oxygen atoms in total. The van der Waals surface area contributed by atoms with Gasteiger partial charge in [0.2, 0.25) is 5.91 Å². The van der Waals surface area contributed by atoms with E-state index in [1.807, 2.05) is 18.2 Å². The van der Waals surface area contributed by atoms with Crippen molar-refractivity contribution in [2.24, 2.45) is 0 Å². The van der Waals surface area contributed by atoms with Crippen LogP contribution in [0.25, 0.3) is 0 Å². The van der Waals surface area contributed by atoms with Gasteiger partial charge in [-0.1, -0.05) is 37.6 Å². The second kappa shape index (κ2) is 9.63. The van der Waals surface area contributed by atoms with Crippen LogP contribution in [0.1, 0.15) is 39.5 Å². The second-order valence-electron chi connectivity index (χ2n) is 3.88. The fourth-order valence-corrected chi connectivity index (χ4v) is 1.35. The third-order valence-electron chi connectivity index (χ3n) is 2.09. The number of carboxylic acids is 1. The number of unbranched alkanes of at least 4 members (excludes halogenated alkanes) is 1. The van der Waals surface area contributed by atoms with Crippen LogP contribution in [0.15, 0.2) is 24.3 Å². The Morgan fingerprint density at radius 2 is 1.94 bits per heavy atom. The lowest BCUT2D eigenvalue weighted by molar-refractivity contribution is -0.137. The van der Waals surface area contributed by atoms with Crippen molar-refractivity contribution in [1.82, 2.24) is 5.32 Å². The normalized spacial score (nSPS) is 13.1. The molecule has 0 aliphatic heterocycles. The molecule has 0 aromatic rings. The Morgan fingerprint density at radius 3 is 2.47 bits per heavy atom. The minimum atomic E-state index is -0.904. The largest absolute Gasteiger partial charge is 0.481 e. The predicted molar refractivity (Wildman–Crippen MR) is 67.7 cm³/mol. The van der Waals surface area contributed by atoms with Crippen LogP contribution >= 0.6 is 0 Å². The zero-order chi connectivity index (χ0) is 13.1. The summed E-state index contributed by atoms with van der Waals surface area (Å²) in [4.78, 5) is 21.4. The average molecular weight is 239 g/mol. The zero-order valence-electron chi connectivity index (χ0n) is 10.5. The molecule has 4 heteroatoms. The number of carbonyl (C=O) groups is 2. The summed E-state index contributed by atoms with van der Waals surface area (Å²) >= 11 is 0. The van der Waals surface area contributed by atoms with Crippen molar-refractivity contribution >= 4 is 11.9 Å². The molecule has 0 rings (SSSR count). The summed E-state index contributed by atoms with van der Waals surface area (Å²) in [6.07, 6.45) is 10.4. The van der Waals surface area contributed by atoms with Crippen LogP contribution in [-0.4, -0.2) is 23.0 Å². The Labute approximate surface area is 102 Å². The maximum Gasteiger partial charge on any atom is 0.305 e. The molecule has 1 amide bonds. The fraction of sp³-hybridized carbons (Fsp3) is 0.538. The zero-order valence-corrected chi connectivity index (χ0v) is 10.5. The van der Waals surface area contributed by atoms with Crippen molar-refractivity contribution in [3.8, 4) is 0 Å². The van der Waals surface area contributed by atoms with Crippen LogP contribution in [0, 0.1) is 0 Å². The number of hydrogen-bond acceptors (Lipinski definition) is 2. The van der Waals surface area contributed by atoms with Gasteiger partial charge in [0.05, 0.1) is 6.42 Å². The van der Waals surface area contributed by atoms with Gasteiger partial charge >= 0.3 is 5.97 Å². The molecule has 1 atom stereocenters. The van der Waals surface area contributed by atoms with Gasteiger partial charge in [-0.15, -0.1) is 0 Å². The first-order valence-electron chi connectivity index (χ1n) is 5.86. The Balaban J connectivity index is 4.05. The average Bonchev–Trinajstić information content (AvgIpc) is 2.21. The summed E-state index contributed by atoms with van der Waals surface area (Å²) < 4.78 is 0. The molecule has 0 fully saturated rings. The summed E-state index contributed by atoms with van der Waals surface area (Å²) in [5, 5.41) is 11.3. The fourth-order valence-electron chi connectivity index (χ4n) is 1.35. The summed E-state index contributed by atoms with van der Waals surface area (Å²) in [7, 11) is 0. The first-order valence-corrected chi connectivity index (χ1v) is 5.86. The topological polar surface area (TPSA) is 66.4 Å². The van der Waals surface area contributed by atoms with Gasteiger partial charge in [-0.2, -0.15) is 0 Å². The van der Waals surface area contributed by atoms with E-state index in [-0.39, 0.29) is 18.4 Å². The van der Waals surface area contributed by atoms with E-state index < -0.39 is 5.97 Å². The molecule has 0 aromatic heterocycles. The Morgan fingerprint density at radius 1 is 1.29 bits per heavy atom. The highest BCUT2D eigenvalue weighted by atomic mass is 16.4. The molecule has 0 saturated carbocycles. The molecule has 0 aromatic carbocycles. The highest BCUT2D eigenvalue weighted by Crippen LogP contribution is 2.00. The number of aliphatic carboxylic acids is 1. The predicted octanol–water partition coefficient (Wildman–Crippen LogP) is 2.27. The smallest absolute Gasteiger partial charge is 0.305 e. The number of carbonyl (C=O) groups excluding carboxylic acids is 1. The van der Waals surface area contributed by atoms with E-state index in [1.54, 1.807) is 0 Å². The van der Waals surface area contributed by atoms with E-state index >= 15 is 0 Å². The van der Waals surface area contributed by atoms with Gasteiger partial charge in [0.15, 0.2) is 0 Å². The molecule has 96 valence electrons. The Kier molecular flexibility index (Phi) is 8.74. The molecular weight excluding hydrogens is 218 g/mol. The van der Waals surface area contributed by atoms with Gasteiger partial charge in [0, 0.05) is 13.0 Å². The molecule has 0 radical (unpaired) electrons. The quantitative estimate of drug-likeness (QED) is 0.638. The number of carboxylic acid groups (broad SMARTS) is 1. The number of hydrogen-bond donors (Lipinski definition) is 2. The minimum Gasteiger partial charge on any atom is -0.481 e. The van der Waals surface area contributed by atoms with Crippen molar-refractivity contribution < 1.29 is 14.7 Å². The van der Waals surface area contributed by atoms with Crippen molar-refractivity contribution in [3.63, 3.8) is 0 Å². The highest BCUT2D eigenvalue weighted by Gasteiger charge is 2.11. The van der Waals surface area contributed by atoms with E-state index in [4.69, 9.17) is 5.11 Å². The number of nitrogens with one attached hydrogen (secondary N) is 1. The van der Waals surface area contributed by atoms with Gasteiger partial charge in [0.1, 0.15) is 0 Å². The van der Waals surface area contributed by atoms with Crippen LogP contribution in [-0.2, 0) is 9.59 Å². The van der Waals surface area contributed by atoms with E-state index in [1.165, 1.54) is 6.92 Å². The van der Waals surface area contributed by atoms with Crippen LogP contribution in [0.4, 0.5) is 0 Å². The monoisotopic (exact) mass is 239 g/mol. The van der Waals surface area contributed by atoms with E-state index in [9.17, 15) is 9.59 Å². The maximum absolute atomic E-state index is 10.9. The molecule has 1 unspecified atom stereocenters. The highest BCUT2D eigenvalue weighted by molar-refractivity contribution is 5.74. The molecule has 0 saturated heterocycles. The number of allylic oxidation sites excluding steroid dienone is 3. The van der Waals surface area contributed by atoms with Gasteiger partial charge < -0.3 is 10.4 Å². The van der Waals surface area contributed by atoms with Gasteiger partial charge in [-0.25, -0.2) is 0 Å². The SMILES string of the molecule is CCCC=CC=CCC(CC(=O)O)NC(C)=O. The van der Waals surface area contributed by atoms with Crippen molar-refractivity contribution in [2.45, 2.75) is 45.6 Å². The van der Waals surface area contributed by atoms with E-state index in [0.29, 0.717) is 6.42 Å². The Bertz CT molecular complexity index is 279. The lowest BCUT2D eigenvalue weighted by atomic mass is 10.1. The standard InChI is InChI=1S/C13H21NO3/c1-3-4-5-6-7-8-9-12(10-13(16)17)14-11(2)15/h5-8,12H,3-4,9-10H2,1-2H3,(H,14,15)(H,16,17). The lowest BCUT2D eigenvalue weighted by Crippen LogP contribution is -2.34. The molecule has 0 aliphatic rings. The van der Waals surface area contributed by atoms with Gasteiger partial charge in [-0.3, -0.25) is 9.59 Å². The maximum atomic E-state index is 10.9. The summed E-state index contributed by atoms with van der Waals surface area (Å²) in [5.74, 6) is -1.11.